The molecule has 6 heteroatoms. The zero-order valence-corrected chi connectivity index (χ0v) is 14.6. The van der Waals surface area contributed by atoms with E-state index < -0.39 is 0 Å². The van der Waals surface area contributed by atoms with E-state index in [2.05, 4.69) is 10.2 Å². The highest BCUT2D eigenvalue weighted by atomic mass is 35.5. The van der Waals surface area contributed by atoms with E-state index in [0.717, 1.165) is 11.1 Å². The summed E-state index contributed by atoms with van der Waals surface area (Å²) in [6.45, 7) is 0.373. The van der Waals surface area contributed by atoms with Crippen LogP contribution in [0, 0.1) is 0 Å². The third-order valence-corrected chi connectivity index (χ3v) is 3.93. The molecule has 24 heavy (non-hydrogen) atoms. The summed E-state index contributed by atoms with van der Waals surface area (Å²) < 4.78 is 4.65. The average molecular weight is 366 g/mol. The van der Waals surface area contributed by atoms with Gasteiger partial charge in [0.15, 0.2) is 0 Å². The molecular formula is C18H17Cl2NO3. The Morgan fingerprint density at radius 1 is 1.12 bits per heavy atom. The zero-order valence-electron chi connectivity index (χ0n) is 13.1. The predicted molar refractivity (Wildman–Crippen MR) is 95.4 cm³/mol. The molecule has 0 spiro atoms. The lowest BCUT2D eigenvalue weighted by atomic mass is 10.1. The van der Waals surface area contributed by atoms with Gasteiger partial charge in [-0.1, -0.05) is 59.6 Å². The van der Waals surface area contributed by atoms with Gasteiger partial charge in [-0.25, -0.2) is 0 Å². The third kappa shape index (κ3) is 5.57. The second kappa shape index (κ2) is 9.33. The molecule has 0 aliphatic carbocycles. The number of carbonyl (C=O) groups is 1. The van der Waals surface area contributed by atoms with Gasteiger partial charge in [-0.15, -0.1) is 0 Å². The molecule has 1 N–H and O–H groups in total. The molecule has 0 aliphatic heterocycles. The Bertz CT molecular complexity index is 717. The molecule has 0 saturated heterocycles. The standard InChI is InChI=1S/C18H17Cl2NO3/c1-23-18(22)10-9-17(14-7-8-15(19)16(20)11-14)21-24-12-13-5-3-2-4-6-13/h2-9,11,21H,10,12H2,1H3. The van der Waals surface area contributed by atoms with E-state index in [1.54, 1.807) is 24.3 Å². The van der Waals surface area contributed by atoms with Crippen LogP contribution in [0.3, 0.4) is 0 Å². The van der Waals surface area contributed by atoms with E-state index in [9.17, 15) is 4.79 Å². The van der Waals surface area contributed by atoms with Crippen LogP contribution >= 0.6 is 23.2 Å². The Hall–Kier alpha value is -2.01. The monoisotopic (exact) mass is 365 g/mol. The van der Waals surface area contributed by atoms with Crippen LogP contribution in [0.1, 0.15) is 17.5 Å². The summed E-state index contributed by atoms with van der Waals surface area (Å²) in [5.41, 5.74) is 5.24. The van der Waals surface area contributed by atoms with E-state index in [0.29, 0.717) is 22.3 Å². The van der Waals surface area contributed by atoms with Crippen LogP contribution in [0.5, 0.6) is 0 Å². The molecule has 0 fully saturated rings. The first-order chi connectivity index (χ1) is 11.6. The maximum absolute atomic E-state index is 11.4. The van der Waals surface area contributed by atoms with Gasteiger partial charge >= 0.3 is 5.97 Å². The van der Waals surface area contributed by atoms with E-state index in [1.165, 1.54) is 7.11 Å². The number of rotatable bonds is 7. The summed E-state index contributed by atoms with van der Waals surface area (Å²) in [5.74, 6) is -0.350. The third-order valence-electron chi connectivity index (χ3n) is 3.19. The van der Waals surface area contributed by atoms with Gasteiger partial charge in [0.25, 0.3) is 0 Å². The topological polar surface area (TPSA) is 47.6 Å². The number of carbonyl (C=O) groups excluding carboxylic acids is 1. The number of hydrogen-bond donors (Lipinski definition) is 1. The van der Waals surface area contributed by atoms with E-state index in [-0.39, 0.29) is 12.4 Å². The highest BCUT2D eigenvalue weighted by Gasteiger charge is 2.07. The maximum Gasteiger partial charge on any atom is 0.309 e. The molecule has 2 aromatic rings. The van der Waals surface area contributed by atoms with Gasteiger partial charge < -0.3 is 4.74 Å². The van der Waals surface area contributed by atoms with Gasteiger partial charge in [0.1, 0.15) is 0 Å². The average Bonchev–Trinajstić information content (AvgIpc) is 2.61. The number of hydrogen-bond acceptors (Lipinski definition) is 4. The minimum atomic E-state index is -0.350. The molecular weight excluding hydrogens is 349 g/mol. The van der Waals surface area contributed by atoms with Gasteiger partial charge in [-0.05, 0) is 23.8 Å². The summed E-state index contributed by atoms with van der Waals surface area (Å²) in [4.78, 5) is 16.9. The summed E-state index contributed by atoms with van der Waals surface area (Å²) in [5, 5.41) is 0.876. The molecule has 4 nitrogen and oxygen atoms in total. The predicted octanol–water partition coefficient (Wildman–Crippen LogP) is 4.62. The molecule has 0 bridgehead atoms. The van der Waals surface area contributed by atoms with Crippen molar-refractivity contribution in [1.29, 1.82) is 0 Å². The van der Waals surface area contributed by atoms with Crippen LogP contribution in [0.2, 0.25) is 10.0 Å². The first kappa shape index (κ1) is 18.3. The molecule has 0 saturated carbocycles. The van der Waals surface area contributed by atoms with Gasteiger partial charge in [0.05, 0.1) is 35.9 Å². The van der Waals surface area contributed by atoms with Gasteiger partial charge in [-0.3, -0.25) is 15.1 Å². The van der Waals surface area contributed by atoms with E-state index >= 15 is 0 Å². The molecule has 2 aromatic carbocycles. The number of benzene rings is 2. The molecule has 0 heterocycles. The minimum Gasteiger partial charge on any atom is -0.469 e. The van der Waals surface area contributed by atoms with Crippen molar-refractivity contribution in [3.8, 4) is 0 Å². The number of ether oxygens (including phenoxy) is 1. The molecule has 0 amide bonds. The quantitative estimate of drug-likeness (QED) is 0.574. The van der Waals surface area contributed by atoms with Crippen molar-refractivity contribution in [2.75, 3.05) is 7.11 Å². The Morgan fingerprint density at radius 3 is 2.54 bits per heavy atom. The van der Waals surface area contributed by atoms with Crippen molar-refractivity contribution in [3.63, 3.8) is 0 Å². The summed E-state index contributed by atoms with van der Waals surface area (Å²) in [6.07, 6.45) is 1.78. The van der Waals surface area contributed by atoms with Crippen molar-refractivity contribution in [2.24, 2.45) is 0 Å². The van der Waals surface area contributed by atoms with E-state index in [1.807, 2.05) is 30.3 Å². The van der Waals surface area contributed by atoms with Crippen molar-refractivity contribution < 1.29 is 14.4 Å². The molecule has 0 aliphatic rings. The minimum absolute atomic E-state index is 0.105. The van der Waals surface area contributed by atoms with Crippen molar-refractivity contribution in [1.82, 2.24) is 5.48 Å². The number of methoxy groups -OCH3 is 1. The normalized spacial score (nSPS) is 11.2. The number of halogens is 2. The van der Waals surface area contributed by atoms with Gasteiger partial charge in [0.2, 0.25) is 0 Å². The Balaban J connectivity index is 2.10. The molecule has 0 aromatic heterocycles. The highest BCUT2D eigenvalue weighted by Crippen LogP contribution is 2.25. The van der Waals surface area contributed by atoms with Crippen LogP contribution < -0.4 is 5.48 Å². The molecule has 2 rings (SSSR count). The fraction of sp³-hybridized carbons (Fsp3) is 0.167. The maximum atomic E-state index is 11.4. The second-order valence-electron chi connectivity index (χ2n) is 4.90. The smallest absolute Gasteiger partial charge is 0.309 e. The Morgan fingerprint density at radius 2 is 1.88 bits per heavy atom. The van der Waals surface area contributed by atoms with Crippen LogP contribution in [0.25, 0.3) is 5.70 Å². The summed E-state index contributed by atoms with van der Waals surface area (Å²) in [6, 6.07) is 14.9. The fourth-order valence-electron chi connectivity index (χ4n) is 1.92. The summed E-state index contributed by atoms with van der Waals surface area (Å²) >= 11 is 12.0. The Labute approximate surface area is 150 Å². The van der Waals surface area contributed by atoms with Crippen molar-refractivity contribution in [3.05, 3.63) is 75.8 Å². The van der Waals surface area contributed by atoms with Crippen molar-refractivity contribution >= 4 is 34.9 Å². The zero-order chi connectivity index (χ0) is 17.4. The van der Waals surface area contributed by atoms with Crippen molar-refractivity contribution in [2.45, 2.75) is 13.0 Å². The largest absolute Gasteiger partial charge is 0.469 e. The van der Waals surface area contributed by atoms with Gasteiger partial charge in [0, 0.05) is 5.56 Å². The number of nitrogens with one attached hydrogen (secondary N) is 1. The van der Waals surface area contributed by atoms with E-state index in [4.69, 9.17) is 28.0 Å². The highest BCUT2D eigenvalue weighted by molar-refractivity contribution is 6.42. The SMILES string of the molecule is COC(=O)CC=C(NOCc1ccccc1)c1ccc(Cl)c(Cl)c1. The molecule has 0 unspecified atom stereocenters. The lowest BCUT2D eigenvalue weighted by Gasteiger charge is -2.12. The fourth-order valence-corrected chi connectivity index (χ4v) is 2.22. The first-order valence-corrected chi connectivity index (χ1v) is 8.00. The number of hydroxylamine groups is 1. The number of esters is 1. The van der Waals surface area contributed by atoms with Crippen LogP contribution in [-0.2, 0) is 21.0 Å². The van der Waals surface area contributed by atoms with Gasteiger partial charge in [-0.2, -0.15) is 0 Å². The van der Waals surface area contributed by atoms with Crippen LogP contribution in [0.4, 0.5) is 0 Å². The Kier molecular flexibility index (Phi) is 7.12. The van der Waals surface area contributed by atoms with Crippen LogP contribution in [0.15, 0.2) is 54.6 Å². The second-order valence-corrected chi connectivity index (χ2v) is 5.72. The molecule has 126 valence electrons. The molecule has 0 atom stereocenters. The first-order valence-electron chi connectivity index (χ1n) is 7.24. The lowest BCUT2D eigenvalue weighted by Crippen LogP contribution is -2.14. The lowest BCUT2D eigenvalue weighted by molar-refractivity contribution is -0.139. The van der Waals surface area contributed by atoms with Crippen LogP contribution in [-0.4, -0.2) is 13.1 Å². The molecule has 0 radical (unpaired) electrons. The summed E-state index contributed by atoms with van der Waals surface area (Å²) in [7, 11) is 1.34.